The van der Waals surface area contributed by atoms with Crippen molar-refractivity contribution in [2.75, 3.05) is 46.4 Å². The van der Waals surface area contributed by atoms with Crippen molar-refractivity contribution in [1.29, 1.82) is 0 Å². The van der Waals surface area contributed by atoms with Gasteiger partial charge < -0.3 is 19.7 Å². The highest BCUT2D eigenvalue weighted by atomic mass is 16.5. The first-order chi connectivity index (χ1) is 20.2. The van der Waals surface area contributed by atoms with Crippen LogP contribution in [0.1, 0.15) is 74.0 Å². The maximum Gasteiger partial charge on any atom is 0.338 e. The average Bonchev–Trinajstić information content (AvgIpc) is 2.99. The fourth-order valence-electron chi connectivity index (χ4n) is 5.75. The number of rotatable bonds is 12. The molecule has 0 saturated carbocycles. The van der Waals surface area contributed by atoms with Crippen LogP contribution >= 0.6 is 0 Å². The minimum absolute atomic E-state index is 0.212. The standard InChI is InChI=1S/C33H46N4O5/c1-6-9-28(25-12-10-24(4)11-13-25)34-32(40)37-30(39)33(7-2,8-3)31(37)42-27-16-14-26(15-17-27)29(38)41-23-22-36-20-18-35(5)19-21-36/h10-17,28,31H,6-9,18-23H2,1-5H3,(H,34,40)/t28-,31+/m1/s1. The SMILES string of the molecule is CCC[C@@H](NC(=O)N1C(=O)C(CC)(CC)[C@@H]1Oc1ccc(C(=O)OCCN2CCN(C)CC2)cc1)c1ccc(C)cc1. The van der Waals surface area contributed by atoms with Crippen LogP contribution in [0.15, 0.2) is 48.5 Å². The van der Waals surface area contributed by atoms with E-state index in [0.717, 1.165) is 50.1 Å². The number of carbonyl (C=O) groups is 3. The van der Waals surface area contributed by atoms with E-state index in [1.165, 1.54) is 4.90 Å². The van der Waals surface area contributed by atoms with Crippen molar-refractivity contribution in [2.24, 2.45) is 5.41 Å². The van der Waals surface area contributed by atoms with Crippen LogP contribution in [-0.2, 0) is 9.53 Å². The van der Waals surface area contributed by atoms with E-state index in [2.05, 4.69) is 29.1 Å². The van der Waals surface area contributed by atoms with Crippen molar-refractivity contribution in [1.82, 2.24) is 20.0 Å². The van der Waals surface area contributed by atoms with Gasteiger partial charge in [-0.15, -0.1) is 0 Å². The zero-order chi connectivity index (χ0) is 30.3. The quantitative estimate of drug-likeness (QED) is 0.280. The van der Waals surface area contributed by atoms with Crippen molar-refractivity contribution >= 4 is 17.9 Å². The summed E-state index contributed by atoms with van der Waals surface area (Å²) in [4.78, 5) is 45.3. The Kier molecular flexibility index (Phi) is 10.6. The lowest BCUT2D eigenvalue weighted by molar-refractivity contribution is -0.191. The van der Waals surface area contributed by atoms with E-state index in [-0.39, 0.29) is 17.9 Å². The van der Waals surface area contributed by atoms with Crippen molar-refractivity contribution in [3.63, 3.8) is 0 Å². The fourth-order valence-corrected chi connectivity index (χ4v) is 5.75. The van der Waals surface area contributed by atoms with Gasteiger partial charge in [-0.2, -0.15) is 0 Å². The van der Waals surface area contributed by atoms with E-state index in [9.17, 15) is 14.4 Å². The lowest BCUT2D eigenvalue weighted by atomic mass is 9.72. The number of nitrogens with one attached hydrogen (secondary N) is 1. The number of benzene rings is 2. The van der Waals surface area contributed by atoms with Gasteiger partial charge in [0.25, 0.3) is 0 Å². The number of esters is 1. The summed E-state index contributed by atoms with van der Waals surface area (Å²) in [7, 11) is 2.11. The molecule has 2 aliphatic rings. The van der Waals surface area contributed by atoms with Gasteiger partial charge in [0, 0.05) is 32.7 Å². The Morgan fingerprint density at radius 2 is 1.62 bits per heavy atom. The highest BCUT2D eigenvalue weighted by Gasteiger charge is 2.63. The number of likely N-dealkylation sites (tertiary alicyclic amines) is 1. The van der Waals surface area contributed by atoms with Gasteiger partial charge in [-0.3, -0.25) is 9.69 Å². The van der Waals surface area contributed by atoms with Gasteiger partial charge in [0.2, 0.25) is 5.91 Å². The second-order valence-electron chi connectivity index (χ2n) is 11.5. The Labute approximate surface area is 250 Å². The summed E-state index contributed by atoms with van der Waals surface area (Å²) in [6.07, 6.45) is 1.98. The van der Waals surface area contributed by atoms with Crippen LogP contribution < -0.4 is 10.1 Å². The topological polar surface area (TPSA) is 91.4 Å². The van der Waals surface area contributed by atoms with Crippen LogP contribution in [0.5, 0.6) is 5.75 Å². The Morgan fingerprint density at radius 3 is 2.21 bits per heavy atom. The highest BCUT2D eigenvalue weighted by molar-refractivity contribution is 6.03. The van der Waals surface area contributed by atoms with Crippen molar-refractivity contribution in [3.05, 3.63) is 65.2 Å². The van der Waals surface area contributed by atoms with E-state index in [0.29, 0.717) is 37.3 Å². The Bertz CT molecular complexity index is 1200. The third-order valence-electron chi connectivity index (χ3n) is 8.76. The molecule has 2 atom stereocenters. The first kappa shape index (κ1) is 31.5. The first-order valence-corrected chi connectivity index (χ1v) is 15.3. The largest absolute Gasteiger partial charge is 0.469 e. The molecule has 0 unspecified atom stereocenters. The number of ether oxygens (including phenoxy) is 2. The molecule has 0 spiro atoms. The molecule has 0 aliphatic carbocycles. The maximum absolute atomic E-state index is 13.5. The highest BCUT2D eigenvalue weighted by Crippen LogP contribution is 2.46. The number of amides is 3. The number of imide groups is 1. The third-order valence-corrected chi connectivity index (χ3v) is 8.76. The number of aryl methyl sites for hydroxylation is 1. The van der Waals surface area contributed by atoms with Crippen LogP contribution in [0.25, 0.3) is 0 Å². The monoisotopic (exact) mass is 578 g/mol. The smallest absolute Gasteiger partial charge is 0.338 e. The summed E-state index contributed by atoms with van der Waals surface area (Å²) in [5.74, 6) is -0.131. The van der Waals surface area contributed by atoms with E-state index in [1.54, 1.807) is 24.3 Å². The molecule has 2 fully saturated rings. The predicted molar refractivity (Wildman–Crippen MR) is 162 cm³/mol. The van der Waals surface area contributed by atoms with Crippen LogP contribution in [-0.4, -0.2) is 85.2 Å². The van der Waals surface area contributed by atoms with Crippen LogP contribution in [0.2, 0.25) is 0 Å². The van der Waals surface area contributed by atoms with E-state index < -0.39 is 17.7 Å². The molecule has 9 heteroatoms. The van der Waals surface area contributed by atoms with Crippen molar-refractivity contribution in [3.8, 4) is 5.75 Å². The number of likely N-dealkylation sites (N-methyl/N-ethyl adjacent to an activating group) is 1. The van der Waals surface area contributed by atoms with Gasteiger partial charge in [-0.05, 0) is 63.1 Å². The molecule has 2 aromatic rings. The number of nitrogens with zero attached hydrogens (tertiary/aromatic N) is 3. The van der Waals surface area contributed by atoms with Crippen molar-refractivity contribution in [2.45, 2.75) is 65.6 Å². The predicted octanol–water partition coefficient (Wildman–Crippen LogP) is 5.00. The molecule has 4 rings (SSSR count). The Morgan fingerprint density at radius 1 is 0.976 bits per heavy atom. The average molecular weight is 579 g/mol. The third kappa shape index (κ3) is 6.95. The molecular formula is C33H46N4O5. The molecule has 2 heterocycles. The zero-order valence-electron chi connectivity index (χ0n) is 25.7. The lowest BCUT2D eigenvalue weighted by Gasteiger charge is -2.53. The molecule has 3 amide bonds. The maximum atomic E-state index is 13.5. The van der Waals surface area contributed by atoms with Gasteiger partial charge in [0.15, 0.2) is 6.23 Å². The summed E-state index contributed by atoms with van der Waals surface area (Å²) in [5, 5.41) is 3.08. The molecule has 42 heavy (non-hydrogen) atoms. The summed E-state index contributed by atoms with van der Waals surface area (Å²) >= 11 is 0. The Balaban J connectivity index is 1.40. The molecule has 2 aliphatic heterocycles. The van der Waals surface area contributed by atoms with Gasteiger partial charge >= 0.3 is 12.0 Å². The molecule has 1 N–H and O–H groups in total. The van der Waals surface area contributed by atoms with E-state index in [4.69, 9.17) is 9.47 Å². The number of urea groups is 1. The molecular weight excluding hydrogens is 532 g/mol. The molecule has 0 radical (unpaired) electrons. The van der Waals surface area contributed by atoms with Gasteiger partial charge in [-0.25, -0.2) is 14.5 Å². The minimum atomic E-state index is -0.789. The molecule has 0 aromatic heterocycles. The molecule has 228 valence electrons. The van der Waals surface area contributed by atoms with Gasteiger partial charge in [0.1, 0.15) is 17.8 Å². The number of hydrogen-bond acceptors (Lipinski definition) is 7. The molecule has 9 nitrogen and oxygen atoms in total. The summed E-state index contributed by atoms with van der Waals surface area (Å²) < 4.78 is 11.8. The molecule has 0 bridgehead atoms. The van der Waals surface area contributed by atoms with E-state index >= 15 is 0 Å². The van der Waals surface area contributed by atoms with Crippen LogP contribution in [0.3, 0.4) is 0 Å². The van der Waals surface area contributed by atoms with Crippen molar-refractivity contribution < 1.29 is 23.9 Å². The first-order valence-electron chi connectivity index (χ1n) is 15.3. The van der Waals surface area contributed by atoms with Crippen LogP contribution in [0.4, 0.5) is 4.79 Å². The minimum Gasteiger partial charge on any atom is -0.469 e. The van der Waals surface area contributed by atoms with Gasteiger partial charge in [-0.1, -0.05) is 57.0 Å². The van der Waals surface area contributed by atoms with E-state index in [1.807, 2.05) is 45.0 Å². The number of piperazine rings is 1. The number of hydrogen-bond donors (Lipinski definition) is 1. The second-order valence-corrected chi connectivity index (χ2v) is 11.5. The Hall–Kier alpha value is -3.43. The fraction of sp³-hybridized carbons (Fsp3) is 0.545. The summed E-state index contributed by atoms with van der Waals surface area (Å²) in [6, 6.07) is 14.1. The summed E-state index contributed by atoms with van der Waals surface area (Å²) in [5.41, 5.74) is 1.79. The van der Waals surface area contributed by atoms with Crippen LogP contribution in [0, 0.1) is 12.3 Å². The zero-order valence-corrected chi connectivity index (χ0v) is 25.7. The number of carbonyl (C=O) groups excluding carboxylic acids is 3. The van der Waals surface area contributed by atoms with Gasteiger partial charge in [0.05, 0.1) is 11.6 Å². The lowest BCUT2D eigenvalue weighted by Crippen LogP contribution is -2.73. The second kappa shape index (κ2) is 14.2. The molecule has 2 saturated heterocycles. The normalized spacial score (nSPS) is 19.6. The summed E-state index contributed by atoms with van der Waals surface area (Å²) in [6.45, 7) is 13.0. The number of β-lactam (4-membered cyclic amide) rings is 1. The molecule has 2 aromatic carbocycles.